The molecule has 0 aromatic heterocycles. The van der Waals surface area contributed by atoms with E-state index in [2.05, 4.69) is 40.9 Å². The van der Waals surface area contributed by atoms with Gasteiger partial charge in [0.1, 0.15) is 0 Å². The third-order valence-corrected chi connectivity index (χ3v) is 4.24. The van der Waals surface area contributed by atoms with E-state index in [1.165, 1.54) is 0 Å². The second-order valence-corrected chi connectivity index (χ2v) is 5.87. The van der Waals surface area contributed by atoms with Crippen LogP contribution in [0.2, 0.25) is 5.02 Å². The minimum Gasteiger partial charge on any atom is -0.398 e. The first-order valence-electron chi connectivity index (χ1n) is 6.71. The predicted octanol–water partition coefficient (Wildman–Crippen LogP) is 5.59. The summed E-state index contributed by atoms with van der Waals surface area (Å²) in [5.41, 5.74) is 11.0. The molecule has 0 bridgehead atoms. The monoisotopic (exact) mass is 277 g/mol. The highest BCUT2D eigenvalue weighted by molar-refractivity contribution is 6.32. The second kappa shape index (κ2) is 5.83. The summed E-state index contributed by atoms with van der Waals surface area (Å²) in [6, 6.07) is 3.90. The first-order chi connectivity index (χ1) is 8.75. The number of anilines is 1. The zero-order chi connectivity index (χ0) is 14.8. The topological polar surface area (TPSA) is 26.0 Å². The van der Waals surface area contributed by atoms with E-state index < -0.39 is 0 Å². The van der Waals surface area contributed by atoms with E-state index >= 15 is 0 Å². The summed E-state index contributed by atoms with van der Waals surface area (Å²) in [6.45, 7) is 16.6. The van der Waals surface area contributed by atoms with E-state index in [0.29, 0.717) is 5.02 Å². The maximum atomic E-state index is 6.38. The number of benzene rings is 1. The van der Waals surface area contributed by atoms with E-state index in [1.807, 2.05) is 12.1 Å². The molecule has 0 unspecified atom stereocenters. The Morgan fingerprint density at radius 2 is 1.79 bits per heavy atom. The lowest BCUT2D eigenvalue weighted by atomic mass is 9.76. The summed E-state index contributed by atoms with van der Waals surface area (Å²) >= 11 is 6.38. The molecule has 19 heavy (non-hydrogen) atoms. The molecule has 0 radical (unpaired) electrons. The van der Waals surface area contributed by atoms with Crippen LogP contribution >= 0.6 is 11.6 Å². The van der Waals surface area contributed by atoms with Crippen LogP contribution in [0, 0.1) is 0 Å². The van der Waals surface area contributed by atoms with Crippen molar-refractivity contribution < 1.29 is 0 Å². The lowest BCUT2D eigenvalue weighted by molar-refractivity contribution is 0.606. The van der Waals surface area contributed by atoms with Gasteiger partial charge in [-0.05, 0) is 41.7 Å². The molecule has 1 aromatic rings. The highest BCUT2D eigenvalue weighted by Crippen LogP contribution is 2.39. The summed E-state index contributed by atoms with van der Waals surface area (Å²) in [7, 11) is 0. The first-order valence-corrected chi connectivity index (χ1v) is 7.09. The number of rotatable bonds is 5. The SMILES string of the molecule is C=C(CC)c1cc(N)c(C(C)(C)C(=C)CC)cc1Cl. The number of hydrogen-bond donors (Lipinski definition) is 1. The van der Waals surface area contributed by atoms with Gasteiger partial charge < -0.3 is 5.73 Å². The minimum absolute atomic E-state index is 0.172. The van der Waals surface area contributed by atoms with Crippen LogP contribution in [0.25, 0.3) is 5.57 Å². The Morgan fingerprint density at radius 1 is 1.21 bits per heavy atom. The van der Waals surface area contributed by atoms with Crippen LogP contribution in [0.1, 0.15) is 51.7 Å². The van der Waals surface area contributed by atoms with Crippen LogP contribution in [0.5, 0.6) is 0 Å². The van der Waals surface area contributed by atoms with Gasteiger partial charge in [-0.3, -0.25) is 0 Å². The lowest BCUT2D eigenvalue weighted by Crippen LogP contribution is -2.21. The first kappa shape index (κ1) is 15.8. The van der Waals surface area contributed by atoms with Crippen molar-refractivity contribution in [3.63, 3.8) is 0 Å². The van der Waals surface area contributed by atoms with Crippen molar-refractivity contribution in [2.24, 2.45) is 0 Å². The van der Waals surface area contributed by atoms with Crippen LogP contribution in [-0.4, -0.2) is 0 Å². The largest absolute Gasteiger partial charge is 0.398 e. The Kier molecular flexibility index (Phi) is 4.86. The van der Waals surface area contributed by atoms with Gasteiger partial charge in [-0.2, -0.15) is 0 Å². The summed E-state index contributed by atoms with van der Waals surface area (Å²) < 4.78 is 0. The maximum Gasteiger partial charge on any atom is 0.0485 e. The molecule has 0 saturated carbocycles. The van der Waals surface area contributed by atoms with Crippen molar-refractivity contribution >= 4 is 22.9 Å². The molecule has 0 spiro atoms. The van der Waals surface area contributed by atoms with Crippen LogP contribution in [0.15, 0.2) is 30.9 Å². The summed E-state index contributed by atoms with van der Waals surface area (Å²) in [6.07, 6.45) is 1.79. The summed E-state index contributed by atoms with van der Waals surface area (Å²) in [5.74, 6) is 0. The Balaban J connectivity index is 3.38. The van der Waals surface area contributed by atoms with E-state index in [1.54, 1.807) is 0 Å². The molecule has 0 atom stereocenters. The lowest BCUT2D eigenvalue weighted by Gasteiger charge is -2.29. The Hall–Kier alpha value is -1.21. The molecule has 1 nitrogen and oxygen atoms in total. The number of allylic oxidation sites excluding steroid dienone is 2. The quantitative estimate of drug-likeness (QED) is 0.551. The van der Waals surface area contributed by atoms with E-state index in [9.17, 15) is 0 Å². The van der Waals surface area contributed by atoms with E-state index in [0.717, 1.165) is 40.8 Å². The maximum absolute atomic E-state index is 6.38. The molecule has 2 heteroatoms. The minimum atomic E-state index is -0.172. The average molecular weight is 278 g/mol. The van der Waals surface area contributed by atoms with Gasteiger partial charge >= 0.3 is 0 Å². The summed E-state index contributed by atoms with van der Waals surface area (Å²) in [5, 5.41) is 0.716. The van der Waals surface area contributed by atoms with Crippen molar-refractivity contribution in [3.05, 3.63) is 47.0 Å². The van der Waals surface area contributed by atoms with E-state index in [-0.39, 0.29) is 5.41 Å². The van der Waals surface area contributed by atoms with Crippen LogP contribution in [-0.2, 0) is 5.41 Å². The fourth-order valence-corrected chi connectivity index (χ4v) is 2.52. The normalized spacial score (nSPS) is 11.4. The number of nitrogen functional groups attached to an aromatic ring is 1. The standard InChI is InChI=1S/C17H24ClN/c1-7-11(3)13-9-16(19)14(10-15(13)18)17(5,6)12(4)8-2/h9-10H,3-4,7-8,19H2,1-2,5-6H3. The Morgan fingerprint density at radius 3 is 2.26 bits per heavy atom. The van der Waals surface area contributed by atoms with Gasteiger partial charge in [-0.1, -0.05) is 58.0 Å². The molecule has 104 valence electrons. The second-order valence-electron chi connectivity index (χ2n) is 5.46. The molecular formula is C17H24ClN. The molecule has 1 aromatic carbocycles. The van der Waals surface area contributed by atoms with E-state index in [4.69, 9.17) is 17.3 Å². The molecule has 0 aliphatic carbocycles. The van der Waals surface area contributed by atoms with Crippen molar-refractivity contribution in [1.29, 1.82) is 0 Å². The van der Waals surface area contributed by atoms with Gasteiger partial charge in [0.05, 0.1) is 0 Å². The van der Waals surface area contributed by atoms with Crippen LogP contribution < -0.4 is 5.73 Å². The Bertz CT molecular complexity index is 512. The van der Waals surface area contributed by atoms with Gasteiger partial charge in [-0.25, -0.2) is 0 Å². The van der Waals surface area contributed by atoms with Gasteiger partial charge in [0, 0.05) is 16.1 Å². The van der Waals surface area contributed by atoms with Gasteiger partial charge in [0.2, 0.25) is 0 Å². The highest BCUT2D eigenvalue weighted by atomic mass is 35.5. The van der Waals surface area contributed by atoms with Gasteiger partial charge in [0.25, 0.3) is 0 Å². The number of nitrogens with two attached hydrogens (primary N) is 1. The van der Waals surface area contributed by atoms with Crippen molar-refractivity contribution in [3.8, 4) is 0 Å². The molecule has 0 aliphatic rings. The van der Waals surface area contributed by atoms with Crippen LogP contribution in [0.3, 0.4) is 0 Å². The molecular weight excluding hydrogens is 254 g/mol. The Labute approximate surface area is 122 Å². The zero-order valence-electron chi connectivity index (χ0n) is 12.4. The third kappa shape index (κ3) is 3.03. The predicted molar refractivity (Wildman–Crippen MR) is 87.6 cm³/mol. The molecule has 0 amide bonds. The zero-order valence-corrected chi connectivity index (χ0v) is 13.2. The smallest absolute Gasteiger partial charge is 0.0485 e. The molecule has 0 heterocycles. The molecule has 0 saturated heterocycles. The number of hydrogen-bond acceptors (Lipinski definition) is 1. The van der Waals surface area contributed by atoms with Crippen LogP contribution in [0.4, 0.5) is 5.69 Å². The molecule has 0 fully saturated rings. The molecule has 0 aliphatic heterocycles. The van der Waals surface area contributed by atoms with Gasteiger partial charge in [0.15, 0.2) is 0 Å². The van der Waals surface area contributed by atoms with Crippen molar-refractivity contribution in [2.75, 3.05) is 5.73 Å². The number of halogens is 1. The van der Waals surface area contributed by atoms with Gasteiger partial charge in [-0.15, -0.1) is 0 Å². The fourth-order valence-electron chi connectivity index (χ4n) is 2.23. The molecule has 2 N–H and O–H groups in total. The fraction of sp³-hybridized carbons (Fsp3) is 0.412. The van der Waals surface area contributed by atoms with Crippen molar-refractivity contribution in [2.45, 2.75) is 46.0 Å². The summed E-state index contributed by atoms with van der Waals surface area (Å²) in [4.78, 5) is 0. The average Bonchev–Trinajstić information content (AvgIpc) is 2.38. The van der Waals surface area contributed by atoms with Crippen molar-refractivity contribution in [1.82, 2.24) is 0 Å². The molecule has 1 rings (SSSR count). The highest BCUT2D eigenvalue weighted by Gasteiger charge is 2.26. The third-order valence-electron chi connectivity index (χ3n) is 3.93.